The van der Waals surface area contributed by atoms with Crippen molar-refractivity contribution in [3.8, 4) is 22.3 Å². The summed E-state index contributed by atoms with van der Waals surface area (Å²) < 4.78 is 90.0. The molecule has 0 N–H and O–H groups in total. The molecule has 0 radical (unpaired) electrons. The van der Waals surface area contributed by atoms with Gasteiger partial charge < -0.3 is 0 Å². The zero-order valence-electron chi connectivity index (χ0n) is 15.4. The molecule has 158 valence electrons. The van der Waals surface area contributed by atoms with Crippen LogP contribution in [0.4, 0.5) is 13.2 Å². The molecule has 3 rings (SSSR count). The maximum atomic E-state index is 12.7. The van der Waals surface area contributed by atoms with Crippen LogP contribution >= 0.6 is 0 Å². The van der Waals surface area contributed by atoms with Crippen LogP contribution in [-0.4, -0.2) is 22.3 Å². The van der Waals surface area contributed by atoms with Crippen LogP contribution in [0.1, 0.15) is 5.56 Å². The molecule has 10 heteroatoms. The largest absolute Gasteiger partial charge is 0.524 e. The third-order valence-electron chi connectivity index (χ3n) is 4.23. The molecular weight excluding hydrogens is 441 g/mol. The smallest absolute Gasteiger partial charge is 0.193 e. The van der Waals surface area contributed by atoms with Gasteiger partial charge >= 0.3 is 25.7 Å². The predicted octanol–water partition coefficient (Wildman–Crippen LogP) is 4.88. The van der Waals surface area contributed by atoms with Crippen molar-refractivity contribution in [3.63, 3.8) is 0 Å². The first-order chi connectivity index (χ1) is 13.9. The van der Waals surface area contributed by atoms with Crippen LogP contribution in [0.25, 0.3) is 22.3 Å². The molecule has 0 amide bonds. The summed E-state index contributed by atoms with van der Waals surface area (Å²) in [6.45, 7) is 1.71. The van der Waals surface area contributed by atoms with Crippen LogP contribution < -0.4 is 0 Å². The molecule has 0 bridgehead atoms. The molecule has 0 spiro atoms. The van der Waals surface area contributed by atoms with Gasteiger partial charge in [0.1, 0.15) is 4.90 Å². The number of benzene rings is 3. The maximum absolute atomic E-state index is 12.7. The molecule has 3 aromatic carbocycles. The molecule has 0 fully saturated rings. The molecule has 30 heavy (non-hydrogen) atoms. The Labute approximate surface area is 172 Å². The summed E-state index contributed by atoms with van der Waals surface area (Å²) in [5.41, 5.74) is -3.82. The fourth-order valence-corrected chi connectivity index (χ4v) is 5.21. The standard InChI is InChI=1S/C20H15F3O5S2/c1-14-12-13-17(29(24,25)28-30(26,27)20(21,22)23)19(16-10-6-3-7-11-16)18(14)15-8-4-2-5-9-15/h2-13H,1H3. The third-order valence-corrected chi connectivity index (χ3v) is 7.11. The van der Waals surface area contributed by atoms with Crippen molar-refractivity contribution in [1.82, 2.24) is 0 Å². The Kier molecular flexibility index (Phi) is 5.76. The first-order valence-corrected chi connectivity index (χ1v) is 11.3. The third kappa shape index (κ3) is 4.25. The van der Waals surface area contributed by atoms with Gasteiger partial charge in [0.2, 0.25) is 0 Å². The van der Waals surface area contributed by atoms with Crippen molar-refractivity contribution in [2.75, 3.05) is 0 Å². The number of alkyl halides is 3. The van der Waals surface area contributed by atoms with E-state index in [1.54, 1.807) is 67.6 Å². The minimum Gasteiger partial charge on any atom is -0.193 e. The Morgan fingerprint density at radius 1 is 0.700 bits per heavy atom. The van der Waals surface area contributed by atoms with Crippen molar-refractivity contribution in [1.29, 1.82) is 0 Å². The molecule has 0 heterocycles. The minimum atomic E-state index is -6.38. The topological polar surface area (TPSA) is 77.5 Å². The van der Waals surface area contributed by atoms with E-state index in [4.69, 9.17) is 0 Å². The average molecular weight is 456 g/mol. The van der Waals surface area contributed by atoms with E-state index >= 15 is 0 Å². The number of rotatable bonds is 5. The van der Waals surface area contributed by atoms with Gasteiger partial charge in [0.05, 0.1) is 0 Å². The Balaban J connectivity index is 2.34. The van der Waals surface area contributed by atoms with E-state index < -0.39 is 30.6 Å². The van der Waals surface area contributed by atoms with Crippen LogP contribution in [0.3, 0.4) is 0 Å². The number of hydrogen-bond donors (Lipinski definition) is 0. The lowest BCUT2D eigenvalue weighted by Gasteiger charge is -2.18. The lowest BCUT2D eigenvalue weighted by atomic mass is 9.91. The second-order valence-corrected chi connectivity index (χ2v) is 9.55. The molecule has 0 atom stereocenters. The summed E-state index contributed by atoms with van der Waals surface area (Å²) in [6, 6.07) is 19.1. The molecule has 0 unspecified atom stereocenters. The van der Waals surface area contributed by atoms with E-state index in [0.29, 0.717) is 22.3 Å². The van der Waals surface area contributed by atoms with Gasteiger partial charge in [0.15, 0.2) is 0 Å². The van der Waals surface area contributed by atoms with Crippen molar-refractivity contribution < 1.29 is 33.6 Å². The molecule has 0 aliphatic carbocycles. The highest BCUT2D eigenvalue weighted by molar-refractivity contribution is 8.00. The molecule has 0 aliphatic heterocycles. The molecule has 0 saturated heterocycles. The Hall–Kier alpha value is -2.69. The van der Waals surface area contributed by atoms with Gasteiger partial charge in [0, 0.05) is 5.56 Å². The quantitative estimate of drug-likeness (QED) is 0.511. The molecule has 0 aliphatic rings. The first kappa shape index (κ1) is 22.0. The second kappa shape index (κ2) is 7.86. The van der Waals surface area contributed by atoms with Crippen LogP contribution in [0.15, 0.2) is 77.7 Å². The van der Waals surface area contributed by atoms with E-state index in [9.17, 15) is 30.0 Å². The SMILES string of the molecule is Cc1ccc(S(=O)(=O)OS(=O)(=O)C(F)(F)F)c(-c2ccccc2)c1-c1ccccc1. The lowest BCUT2D eigenvalue weighted by molar-refractivity contribution is -0.0498. The number of hydrogen-bond acceptors (Lipinski definition) is 5. The van der Waals surface area contributed by atoms with Gasteiger partial charge in [-0.2, -0.15) is 30.0 Å². The van der Waals surface area contributed by atoms with Crippen molar-refractivity contribution >= 4 is 20.2 Å². The first-order valence-electron chi connectivity index (χ1n) is 8.46. The van der Waals surface area contributed by atoms with E-state index in [0.717, 1.165) is 6.07 Å². The lowest BCUT2D eigenvalue weighted by Crippen LogP contribution is -2.28. The van der Waals surface area contributed by atoms with Gasteiger partial charge in [-0.3, -0.25) is 0 Å². The summed E-state index contributed by atoms with van der Waals surface area (Å²) in [6.07, 6.45) is 0. The Bertz CT molecular complexity index is 1270. The number of aryl methyl sites for hydroxylation is 1. The van der Waals surface area contributed by atoms with Crippen molar-refractivity contribution in [2.45, 2.75) is 17.3 Å². The summed E-state index contributed by atoms with van der Waals surface area (Å²) in [4.78, 5) is -0.689. The van der Waals surface area contributed by atoms with E-state index in [2.05, 4.69) is 3.63 Å². The van der Waals surface area contributed by atoms with Gasteiger partial charge in [-0.1, -0.05) is 66.7 Å². The summed E-state index contributed by atoms with van der Waals surface area (Å²) in [7, 11) is -11.7. The van der Waals surface area contributed by atoms with Crippen LogP contribution in [-0.2, 0) is 23.9 Å². The minimum absolute atomic E-state index is 0.0409. The summed E-state index contributed by atoms with van der Waals surface area (Å²) >= 11 is 0. The fraction of sp³-hybridized carbons (Fsp3) is 0.100. The molecule has 0 aromatic heterocycles. The van der Waals surface area contributed by atoms with E-state index in [1.807, 2.05) is 0 Å². The van der Waals surface area contributed by atoms with Gasteiger partial charge in [-0.05, 0) is 35.2 Å². The highest BCUT2D eigenvalue weighted by Crippen LogP contribution is 2.41. The molecule has 0 saturated carbocycles. The zero-order chi connectivity index (χ0) is 22.2. The van der Waals surface area contributed by atoms with Crippen LogP contribution in [0, 0.1) is 6.92 Å². The van der Waals surface area contributed by atoms with E-state index in [1.165, 1.54) is 6.07 Å². The highest BCUT2D eigenvalue weighted by atomic mass is 32.3. The predicted molar refractivity (Wildman–Crippen MR) is 105 cm³/mol. The average Bonchev–Trinajstić information content (AvgIpc) is 2.67. The maximum Gasteiger partial charge on any atom is 0.524 e. The van der Waals surface area contributed by atoms with E-state index in [-0.39, 0.29) is 5.56 Å². The fourth-order valence-electron chi connectivity index (χ4n) is 2.96. The summed E-state index contributed by atoms with van der Waals surface area (Å²) in [5, 5.41) is 0. The van der Waals surface area contributed by atoms with Crippen molar-refractivity contribution in [3.05, 3.63) is 78.4 Å². The van der Waals surface area contributed by atoms with Gasteiger partial charge in [0.25, 0.3) is 0 Å². The molecular formula is C20H15F3O5S2. The molecule has 3 aromatic rings. The Morgan fingerprint density at radius 2 is 1.17 bits per heavy atom. The second-order valence-electron chi connectivity index (χ2n) is 6.28. The van der Waals surface area contributed by atoms with Crippen LogP contribution in [0.5, 0.6) is 0 Å². The highest BCUT2D eigenvalue weighted by Gasteiger charge is 2.50. The van der Waals surface area contributed by atoms with Gasteiger partial charge in [-0.25, -0.2) is 0 Å². The zero-order valence-corrected chi connectivity index (χ0v) is 17.1. The van der Waals surface area contributed by atoms with Crippen molar-refractivity contribution in [2.24, 2.45) is 0 Å². The molecule has 5 nitrogen and oxygen atoms in total. The number of halogens is 3. The summed E-state index contributed by atoms with van der Waals surface area (Å²) in [5.74, 6) is 0. The Morgan fingerprint density at radius 3 is 1.63 bits per heavy atom. The van der Waals surface area contributed by atoms with Gasteiger partial charge in [-0.15, -0.1) is 3.63 Å². The normalized spacial score (nSPS) is 12.7. The monoisotopic (exact) mass is 456 g/mol. The van der Waals surface area contributed by atoms with Crippen LogP contribution in [0.2, 0.25) is 0 Å².